The maximum absolute atomic E-state index is 11.6. The summed E-state index contributed by atoms with van der Waals surface area (Å²) in [6, 6.07) is 3.16. The summed E-state index contributed by atoms with van der Waals surface area (Å²) in [5.74, 6) is -0.384. The van der Waals surface area contributed by atoms with Gasteiger partial charge in [-0.15, -0.1) is 0 Å². The predicted octanol–water partition coefficient (Wildman–Crippen LogP) is 4.16. The SMILES string of the molecule is CCCOC(=O)c1cc(Cl)cc(Cl)c1I. The highest BCUT2D eigenvalue weighted by atomic mass is 127. The smallest absolute Gasteiger partial charge is 0.339 e. The van der Waals surface area contributed by atoms with Gasteiger partial charge in [0.1, 0.15) is 0 Å². The van der Waals surface area contributed by atoms with Crippen LogP contribution in [0.25, 0.3) is 0 Å². The molecule has 0 aliphatic heterocycles. The topological polar surface area (TPSA) is 26.3 Å². The first-order valence-electron chi connectivity index (χ1n) is 4.38. The van der Waals surface area contributed by atoms with E-state index in [0.29, 0.717) is 25.8 Å². The van der Waals surface area contributed by atoms with Gasteiger partial charge in [-0.2, -0.15) is 0 Å². The van der Waals surface area contributed by atoms with Crippen LogP contribution in [0.1, 0.15) is 23.7 Å². The van der Waals surface area contributed by atoms with E-state index in [1.54, 1.807) is 12.1 Å². The Labute approximate surface area is 112 Å². The number of carbonyl (C=O) groups is 1. The Hall–Kier alpha value is -0.000000000000000111. The molecule has 0 N–H and O–H groups in total. The average molecular weight is 359 g/mol. The van der Waals surface area contributed by atoms with Gasteiger partial charge in [-0.1, -0.05) is 30.1 Å². The molecular weight excluding hydrogens is 350 g/mol. The summed E-state index contributed by atoms with van der Waals surface area (Å²) in [5.41, 5.74) is 0.418. The Balaban J connectivity index is 2.98. The average Bonchev–Trinajstić information content (AvgIpc) is 2.19. The number of hydrogen-bond donors (Lipinski definition) is 0. The Morgan fingerprint density at radius 3 is 2.73 bits per heavy atom. The largest absolute Gasteiger partial charge is 0.462 e. The molecule has 0 unspecified atom stereocenters. The molecule has 0 saturated heterocycles. The normalized spacial score (nSPS) is 10.1. The van der Waals surface area contributed by atoms with Gasteiger partial charge >= 0.3 is 5.97 Å². The molecule has 0 saturated carbocycles. The molecule has 0 bridgehead atoms. The maximum Gasteiger partial charge on any atom is 0.339 e. The molecule has 5 heteroatoms. The van der Waals surface area contributed by atoms with Crippen LogP contribution in [0.3, 0.4) is 0 Å². The van der Waals surface area contributed by atoms with Crippen molar-refractivity contribution in [3.8, 4) is 0 Å². The number of esters is 1. The van der Waals surface area contributed by atoms with Crippen LogP contribution in [0.4, 0.5) is 0 Å². The zero-order valence-electron chi connectivity index (χ0n) is 8.02. The highest BCUT2D eigenvalue weighted by molar-refractivity contribution is 14.1. The van der Waals surface area contributed by atoms with Crippen LogP contribution in [-0.2, 0) is 4.74 Å². The Morgan fingerprint density at radius 2 is 2.13 bits per heavy atom. The van der Waals surface area contributed by atoms with Crippen LogP contribution < -0.4 is 0 Å². The first kappa shape index (κ1) is 13.1. The van der Waals surface area contributed by atoms with Crippen molar-refractivity contribution in [1.82, 2.24) is 0 Å². The molecule has 1 aromatic rings. The lowest BCUT2D eigenvalue weighted by Gasteiger charge is -2.07. The van der Waals surface area contributed by atoms with Crippen molar-refractivity contribution in [3.05, 3.63) is 31.3 Å². The zero-order valence-corrected chi connectivity index (χ0v) is 11.7. The maximum atomic E-state index is 11.6. The van der Waals surface area contributed by atoms with Crippen LogP contribution in [0, 0.1) is 3.57 Å². The zero-order chi connectivity index (χ0) is 11.4. The van der Waals surface area contributed by atoms with Gasteiger partial charge in [-0.05, 0) is 41.1 Å². The molecule has 0 atom stereocenters. The van der Waals surface area contributed by atoms with Crippen molar-refractivity contribution in [2.24, 2.45) is 0 Å². The second-order valence-corrected chi connectivity index (χ2v) is 4.81. The summed E-state index contributed by atoms with van der Waals surface area (Å²) in [5, 5.41) is 0.899. The fraction of sp³-hybridized carbons (Fsp3) is 0.300. The fourth-order valence-corrected chi connectivity index (χ4v) is 2.00. The summed E-state index contributed by atoms with van der Waals surface area (Å²) >= 11 is 13.7. The quantitative estimate of drug-likeness (QED) is 0.460. The van der Waals surface area contributed by atoms with Crippen molar-refractivity contribution >= 4 is 51.8 Å². The van der Waals surface area contributed by atoms with Crippen molar-refractivity contribution in [1.29, 1.82) is 0 Å². The standard InChI is InChI=1S/C10H9Cl2IO2/c1-2-3-15-10(14)7-4-6(11)5-8(12)9(7)13/h4-5H,2-3H2,1H3. The molecule has 15 heavy (non-hydrogen) atoms. The summed E-state index contributed by atoms with van der Waals surface area (Å²) < 4.78 is 5.67. The molecule has 1 aromatic carbocycles. The van der Waals surface area contributed by atoms with E-state index in [4.69, 9.17) is 27.9 Å². The molecule has 0 radical (unpaired) electrons. The number of hydrogen-bond acceptors (Lipinski definition) is 2. The molecule has 82 valence electrons. The van der Waals surface area contributed by atoms with Crippen LogP contribution in [-0.4, -0.2) is 12.6 Å². The van der Waals surface area contributed by atoms with Crippen molar-refractivity contribution in [2.75, 3.05) is 6.61 Å². The third kappa shape index (κ3) is 3.50. The molecule has 0 fully saturated rings. The van der Waals surface area contributed by atoms with E-state index < -0.39 is 0 Å². The highest BCUT2D eigenvalue weighted by Crippen LogP contribution is 2.27. The summed E-state index contributed by atoms with van der Waals surface area (Å²) in [6.07, 6.45) is 0.788. The summed E-state index contributed by atoms with van der Waals surface area (Å²) in [4.78, 5) is 11.6. The molecule has 0 amide bonds. The van der Waals surface area contributed by atoms with Gasteiger partial charge in [0.05, 0.1) is 17.2 Å². The minimum Gasteiger partial charge on any atom is -0.462 e. The van der Waals surface area contributed by atoms with E-state index >= 15 is 0 Å². The Bertz CT molecular complexity index is 380. The van der Waals surface area contributed by atoms with Gasteiger partial charge in [-0.3, -0.25) is 0 Å². The van der Waals surface area contributed by atoms with Gasteiger partial charge in [0.25, 0.3) is 0 Å². The van der Waals surface area contributed by atoms with E-state index in [9.17, 15) is 4.79 Å². The van der Waals surface area contributed by atoms with Crippen LogP contribution in [0.2, 0.25) is 10.0 Å². The minimum absolute atomic E-state index is 0.384. The number of carbonyl (C=O) groups excluding carboxylic acids is 1. The summed E-state index contributed by atoms with van der Waals surface area (Å²) in [7, 11) is 0. The molecule has 1 rings (SSSR count). The van der Waals surface area contributed by atoms with Crippen LogP contribution in [0.5, 0.6) is 0 Å². The first-order chi connectivity index (χ1) is 7.06. The van der Waals surface area contributed by atoms with E-state index in [1.807, 2.05) is 29.5 Å². The van der Waals surface area contributed by atoms with Gasteiger partial charge < -0.3 is 4.74 Å². The highest BCUT2D eigenvalue weighted by Gasteiger charge is 2.14. The van der Waals surface area contributed by atoms with E-state index in [-0.39, 0.29) is 5.97 Å². The van der Waals surface area contributed by atoms with Gasteiger partial charge in [-0.25, -0.2) is 4.79 Å². The second kappa shape index (κ2) is 5.92. The lowest BCUT2D eigenvalue weighted by Crippen LogP contribution is -2.08. The van der Waals surface area contributed by atoms with Gasteiger partial charge in [0.2, 0.25) is 0 Å². The molecule has 0 heterocycles. The molecule has 0 aliphatic rings. The van der Waals surface area contributed by atoms with Crippen molar-refractivity contribution in [2.45, 2.75) is 13.3 Å². The van der Waals surface area contributed by atoms with E-state index in [2.05, 4.69) is 0 Å². The van der Waals surface area contributed by atoms with E-state index in [1.165, 1.54) is 0 Å². The van der Waals surface area contributed by atoms with Crippen molar-refractivity contribution < 1.29 is 9.53 Å². The van der Waals surface area contributed by atoms with Gasteiger partial charge in [0.15, 0.2) is 0 Å². The number of rotatable bonds is 3. The molecule has 0 spiro atoms. The van der Waals surface area contributed by atoms with Crippen LogP contribution in [0.15, 0.2) is 12.1 Å². The fourth-order valence-electron chi connectivity index (χ4n) is 0.977. The first-order valence-corrected chi connectivity index (χ1v) is 6.21. The molecule has 2 nitrogen and oxygen atoms in total. The Kier molecular flexibility index (Phi) is 5.15. The Morgan fingerprint density at radius 1 is 1.47 bits per heavy atom. The van der Waals surface area contributed by atoms with Gasteiger partial charge in [0, 0.05) is 8.59 Å². The number of ether oxygens (including phenoxy) is 1. The molecule has 0 aliphatic carbocycles. The summed E-state index contributed by atoms with van der Waals surface area (Å²) in [6.45, 7) is 2.34. The number of benzene rings is 1. The minimum atomic E-state index is -0.384. The monoisotopic (exact) mass is 358 g/mol. The predicted molar refractivity (Wildman–Crippen MR) is 69.8 cm³/mol. The third-order valence-corrected chi connectivity index (χ3v) is 3.65. The molecular formula is C10H9Cl2IO2. The van der Waals surface area contributed by atoms with Crippen LogP contribution >= 0.6 is 45.8 Å². The molecule has 0 aromatic heterocycles. The van der Waals surface area contributed by atoms with Crippen molar-refractivity contribution in [3.63, 3.8) is 0 Å². The third-order valence-electron chi connectivity index (χ3n) is 1.65. The lowest BCUT2D eigenvalue weighted by molar-refractivity contribution is 0.0504. The second-order valence-electron chi connectivity index (χ2n) is 2.89. The number of halogens is 3. The lowest BCUT2D eigenvalue weighted by atomic mass is 10.2. The van der Waals surface area contributed by atoms with E-state index in [0.717, 1.165) is 6.42 Å².